The lowest BCUT2D eigenvalue weighted by atomic mass is 9.52. The van der Waals surface area contributed by atoms with Gasteiger partial charge in [-0.05, 0) is 40.2 Å². The predicted octanol–water partition coefficient (Wildman–Crippen LogP) is 1.71. The summed E-state index contributed by atoms with van der Waals surface area (Å²) in [4.78, 5) is 0. The lowest BCUT2D eigenvalue weighted by Crippen LogP contribution is -2.52. The van der Waals surface area contributed by atoms with Gasteiger partial charge in [0.15, 0.2) is 0 Å². The Morgan fingerprint density at radius 2 is 1.10 bits per heavy atom. The van der Waals surface area contributed by atoms with Crippen LogP contribution in [0.15, 0.2) is 0 Å². The van der Waals surface area contributed by atoms with E-state index in [1.165, 1.54) is 11.1 Å². The van der Waals surface area contributed by atoms with Crippen LogP contribution in [0.5, 0.6) is 0 Å². The number of rotatable bonds is 0. The molecule has 1 aromatic rings. The molecule has 0 bridgehead atoms. The van der Waals surface area contributed by atoms with Crippen molar-refractivity contribution in [1.29, 1.82) is 0 Å². The Balaban J connectivity index is 2.97. The molecule has 0 nitrogen and oxygen atoms in total. The van der Waals surface area contributed by atoms with Gasteiger partial charge in [-0.3, -0.25) is 0 Å². The summed E-state index contributed by atoms with van der Waals surface area (Å²) < 4.78 is 0. The van der Waals surface area contributed by atoms with Crippen molar-refractivity contribution in [3.8, 4) is 0 Å². The molecule has 2 rings (SSSR count). The Labute approximate surface area is 134 Å². The fourth-order valence-electron chi connectivity index (χ4n) is 3.90. The maximum atomic E-state index is 6.62. The van der Waals surface area contributed by atoms with E-state index in [2.05, 4.69) is 48.5 Å². The Morgan fingerprint density at radius 1 is 0.714 bits per heavy atom. The molecule has 0 saturated heterocycles. The molecule has 0 aromatic heterocycles. The van der Waals surface area contributed by atoms with Gasteiger partial charge in [0.1, 0.15) is 23.5 Å². The van der Waals surface area contributed by atoms with Gasteiger partial charge in [-0.1, -0.05) is 65.0 Å². The first-order valence-corrected chi connectivity index (χ1v) is 7.82. The van der Waals surface area contributed by atoms with Crippen LogP contribution in [0.1, 0.15) is 78.0 Å². The highest BCUT2D eigenvalue weighted by atomic mass is 14.4. The maximum absolute atomic E-state index is 6.62. The Hall–Kier alpha value is -0.585. The lowest BCUT2D eigenvalue weighted by Gasteiger charge is -2.46. The molecular formula is C18H25B3. The van der Waals surface area contributed by atoms with Crippen molar-refractivity contribution in [2.45, 2.75) is 77.6 Å². The first-order valence-electron chi connectivity index (χ1n) is 7.82. The van der Waals surface area contributed by atoms with Crippen LogP contribution in [-0.2, 0) is 16.2 Å². The van der Waals surface area contributed by atoms with Crippen LogP contribution in [0, 0.1) is 0 Å². The zero-order valence-corrected chi connectivity index (χ0v) is 14.6. The molecule has 21 heavy (non-hydrogen) atoms. The molecule has 0 atom stereocenters. The van der Waals surface area contributed by atoms with Crippen molar-refractivity contribution in [3.63, 3.8) is 0 Å². The van der Waals surface area contributed by atoms with E-state index in [1.54, 1.807) is 0 Å². The van der Waals surface area contributed by atoms with Crippen molar-refractivity contribution in [2.24, 2.45) is 0 Å². The van der Waals surface area contributed by atoms with Crippen molar-refractivity contribution in [1.82, 2.24) is 0 Å². The molecule has 6 radical (unpaired) electrons. The molecule has 1 aliphatic rings. The Morgan fingerprint density at radius 3 is 1.48 bits per heavy atom. The molecule has 1 aromatic carbocycles. The molecule has 0 aliphatic heterocycles. The van der Waals surface area contributed by atoms with Crippen LogP contribution in [0.2, 0.25) is 0 Å². The number of benzene rings is 1. The molecule has 1 aliphatic carbocycles. The number of hydrogen-bond acceptors (Lipinski definition) is 0. The van der Waals surface area contributed by atoms with Crippen molar-refractivity contribution >= 4 is 39.9 Å². The molecule has 3 heteroatoms. The van der Waals surface area contributed by atoms with E-state index < -0.39 is 0 Å². The SMILES string of the molecule is [B]c1c([B])c2c(c([B])c1C(C)(C)C)C(C)(C)CCC2(C)C. The van der Waals surface area contributed by atoms with E-state index in [0.29, 0.717) is 5.46 Å². The molecule has 0 heterocycles. The second kappa shape index (κ2) is 4.70. The van der Waals surface area contributed by atoms with E-state index in [1.807, 2.05) is 0 Å². The van der Waals surface area contributed by atoms with Crippen LogP contribution in [-0.4, -0.2) is 23.5 Å². The van der Waals surface area contributed by atoms with Gasteiger partial charge < -0.3 is 0 Å². The third-order valence-corrected chi connectivity index (χ3v) is 5.10. The maximum Gasteiger partial charge on any atom is 0.114 e. The number of hydrogen-bond donors (Lipinski definition) is 0. The highest BCUT2D eigenvalue weighted by Crippen LogP contribution is 2.44. The summed E-state index contributed by atoms with van der Waals surface area (Å²) in [5, 5.41) is 0. The lowest BCUT2D eigenvalue weighted by molar-refractivity contribution is 0.335. The van der Waals surface area contributed by atoms with Gasteiger partial charge >= 0.3 is 0 Å². The average Bonchev–Trinajstić information content (AvgIpc) is 2.28. The summed E-state index contributed by atoms with van der Waals surface area (Å²) in [7, 11) is 19.5. The minimum Gasteiger partial charge on any atom is -0.100 e. The Bertz CT molecular complexity index is 590. The standard InChI is InChI=1S/C18H25B3/c1-16(2,3)12-13(19)10-11(14(20)15(12)21)18(6,7)9-8-17(10,4)5/h8-9H2,1-7H3. The fraction of sp³-hybridized carbons (Fsp3) is 0.667. The summed E-state index contributed by atoms with van der Waals surface area (Å²) in [6, 6.07) is 0. The highest BCUT2D eigenvalue weighted by Gasteiger charge is 2.40. The van der Waals surface area contributed by atoms with Gasteiger partial charge in [-0.15, -0.1) is 5.46 Å². The monoisotopic (exact) mass is 274 g/mol. The van der Waals surface area contributed by atoms with Gasteiger partial charge in [0, 0.05) is 0 Å². The zero-order chi connectivity index (χ0) is 16.4. The first-order chi connectivity index (χ1) is 9.31. The molecule has 106 valence electrons. The Kier molecular flexibility index (Phi) is 3.76. The fourth-order valence-corrected chi connectivity index (χ4v) is 3.90. The molecular weight excluding hydrogens is 249 g/mol. The van der Waals surface area contributed by atoms with Gasteiger partial charge in [-0.2, -0.15) is 0 Å². The molecule has 0 fully saturated rings. The first kappa shape index (κ1) is 16.8. The van der Waals surface area contributed by atoms with Gasteiger partial charge in [0.05, 0.1) is 0 Å². The summed E-state index contributed by atoms with van der Waals surface area (Å²) >= 11 is 0. The molecule has 0 unspecified atom stereocenters. The van der Waals surface area contributed by atoms with Crippen LogP contribution in [0.25, 0.3) is 0 Å². The highest BCUT2D eigenvalue weighted by molar-refractivity contribution is 6.52. The van der Waals surface area contributed by atoms with Gasteiger partial charge in [-0.25, -0.2) is 0 Å². The number of fused-ring (bicyclic) bond motifs is 1. The summed E-state index contributed by atoms with van der Waals surface area (Å²) in [6.07, 6.45) is 2.22. The van der Waals surface area contributed by atoms with Gasteiger partial charge in [0.25, 0.3) is 0 Å². The van der Waals surface area contributed by atoms with E-state index in [-0.39, 0.29) is 16.2 Å². The van der Waals surface area contributed by atoms with Crippen LogP contribution < -0.4 is 16.4 Å². The van der Waals surface area contributed by atoms with E-state index >= 15 is 0 Å². The van der Waals surface area contributed by atoms with E-state index in [9.17, 15) is 0 Å². The normalized spacial score (nSPS) is 20.1. The van der Waals surface area contributed by atoms with Crippen LogP contribution in [0.3, 0.4) is 0 Å². The van der Waals surface area contributed by atoms with Gasteiger partial charge in [0.2, 0.25) is 0 Å². The molecule has 0 spiro atoms. The minimum absolute atomic E-state index is 0.0214. The summed E-state index contributed by atoms with van der Waals surface area (Å²) in [5.74, 6) is 0. The third kappa shape index (κ3) is 2.51. The molecule has 0 N–H and O–H groups in total. The summed E-state index contributed by atoms with van der Waals surface area (Å²) in [5.41, 5.74) is 5.59. The zero-order valence-electron chi connectivity index (χ0n) is 14.6. The van der Waals surface area contributed by atoms with Crippen molar-refractivity contribution in [2.75, 3.05) is 0 Å². The minimum atomic E-state index is -0.116. The topological polar surface area (TPSA) is 0 Å². The van der Waals surface area contributed by atoms with Crippen LogP contribution >= 0.6 is 0 Å². The van der Waals surface area contributed by atoms with E-state index in [4.69, 9.17) is 23.5 Å². The average molecular weight is 274 g/mol. The second-order valence-electron chi connectivity index (χ2n) is 8.88. The third-order valence-electron chi connectivity index (χ3n) is 5.10. The van der Waals surface area contributed by atoms with E-state index in [0.717, 1.165) is 29.3 Å². The van der Waals surface area contributed by atoms with Crippen LogP contribution in [0.4, 0.5) is 0 Å². The quantitative estimate of drug-likeness (QED) is 0.632. The second-order valence-corrected chi connectivity index (χ2v) is 8.88. The van der Waals surface area contributed by atoms with Crippen molar-refractivity contribution < 1.29 is 0 Å². The summed E-state index contributed by atoms with van der Waals surface area (Å²) in [6.45, 7) is 15.4. The molecule has 0 saturated carbocycles. The van der Waals surface area contributed by atoms with Crippen molar-refractivity contribution in [3.05, 3.63) is 16.7 Å². The largest absolute Gasteiger partial charge is 0.114 e. The molecule has 0 amide bonds. The predicted molar refractivity (Wildman–Crippen MR) is 96.6 cm³/mol. The smallest absolute Gasteiger partial charge is 0.100 e.